The zero-order chi connectivity index (χ0) is 14.1. The van der Waals surface area contributed by atoms with Crippen LogP contribution in [0.2, 0.25) is 0 Å². The molecule has 0 aliphatic rings. The largest absolute Gasteiger partial charge is 0.494 e. The molecule has 0 heterocycles. The van der Waals surface area contributed by atoms with E-state index in [1.807, 2.05) is 26.1 Å². The van der Waals surface area contributed by atoms with Crippen molar-refractivity contribution in [2.45, 2.75) is 45.1 Å². The second kappa shape index (κ2) is 8.18. The van der Waals surface area contributed by atoms with Gasteiger partial charge in [0.25, 0.3) is 0 Å². The highest BCUT2D eigenvalue weighted by atomic mass is 16.5. The Kier molecular flexibility index (Phi) is 6.89. The van der Waals surface area contributed by atoms with Crippen molar-refractivity contribution in [3.63, 3.8) is 0 Å². The van der Waals surface area contributed by atoms with Crippen molar-refractivity contribution in [3.8, 4) is 5.75 Å². The third kappa shape index (κ3) is 5.62. The van der Waals surface area contributed by atoms with Gasteiger partial charge in [-0.2, -0.15) is 0 Å². The predicted octanol–water partition coefficient (Wildman–Crippen LogP) is 2.77. The number of benzene rings is 1. The van der Waals surface area contributed by atoms with Crippen molar-refractivity contribution in [3.05, 3.63) is 29.8 Å². The third-order valence-electron chi connectivity index (χ3n) is 3.65. The topological polar surface area (TPSA) is 41.5 Å². The normalized spacial score (nSPS) is 14.1. The number of hydrogen-bond acceptors (Lipinski definition) is 3. The van der Waals surface area contributed by atoms with Crippen LogP contribution in [0.3, 0.4) is 0 Å². The van der Waals surface area contributed by atoms with Gasteiger partial charge in [-0.1, -0.05) is 19.1 Å². The molecule has 0 spiro atoms. The van der Waals surface area contributed by atoms with Gasteiger partial charge in [0.15, 0.2) is 0 Å². The van der Waals surface area contributed by atoms with Crippen LogP contribution in [0.25, 0.3) is 0 Å². The van der Waals surface area contributed by atoms with E-state index in [9.17, 15) is 5.11 Å². The van der Waals surface area contributed by atoms with Gasteiger partial charge < -0.3 is 15.2 Å². The molecule has 1 unspecified atom stereocenters. The fourth-order valence-corrected chi connectivity index (χ4v) is 1.95. The van der Waals surface area contributed by atoms with Gasteiger partial charge in [-0.25, -0.2) is 0 Å². The van der Waals surface area contributed by atoms with Gasteiger partial charge >= 0.3 is 0 Å². The van der Waals surface area contributed by atoms with E-state index in [-0.39, 0.29) is 12.1 Å². The van der Waals surface area contributed by atoms with Gasteiger partial charge in [0, 0.05) is 5.54 Å². The summed E-state index contributed by atoms with van der Waals surface area (Å²) in [6, 6.07) is 8.26. The quantitative estimate of drug-likeness (QED) is 0.675. The molecular weight excluding hydrogens is 238 g/mol. The van der Waals surface area contributed by atoms with Crippen LogP contribution < -0.4 is 10.1 Å². The molecule has 19 heavy (non-hydrogen) atoms. The fraction of sp³-hybridized carbons (Fsp3) is 0.625. The number of likely N-dealkylation sites (N-methyl/N-ethyl adjacent to an activating group) is 1. The van der Waals surface area contributed by atoms with Crippen molar-refractivity contribution in [2.24, 2.45) is 0 Å². The van der Waals surface area contributed by atoms with E-state index in [0.717, 1.165) is 38.0 Å². The number of ether oxygens (including phenoxy) is 1. The molecule has 0 aliphatic carbocycles. The van der Waals surface area contributed by atoms with E-state index in [1.54, 1.807) is 0 Å². The van der Waals surface area contributed by atoms with Crippen LogP contribution in [0, 0.1) is 0 Å². The smallest absolute Gasteiger partial charge is 0.119 e. The Morgan fingerprint density at radius 2 is 2.11 bits per heavy atom. The number of nitrogens with one attached hydrogen (secondary N) is 1. The minimum Gasteiger partial charge on any atom is -0.494 e. The Morgan fingerprint density at radius 3 is 2.74 bits per heavy atom. The SMILES string of the molecule is CCc1cccc(OCCCCC(C)(CO)NC)c1. The Bertz CT molecular complexity index is 362. The minimum absolute atomic E-state index is 0.165. The predicted molar refractivity (Wildman–Crippen MR) is 79.7 cm³/mol. The van der Waals surface area contributed by atoms with Crippen molar-refractivity contribution in [1.82, 2.24) is 5.32 Å². The summed E-state index contributed by atoms with van der Waals surface area (Å²) < 4.78 is 5.75. The van der Waals surface area contributed by atoms with Crippen molar-refractivity contribution < 1.29 is 9.84 Å². The third-order valence-corrected chi connectivity index (χ3v) is 3.65. The van der Waals surface area contributed by atoms with Gasteiger partial charge in [0.05, 0.1) is 13.2 Å². The molecule has 0 fully saturated rings. The van der Waals surface area contributed by atoms with E-state index >= 15 is 0 Å². The number of rotatable bonds is 9. The zero-order valence-corrected chi connectivity index (χ0v) is 12.4. The number of unbranched alkanes of at least 4 members (excludes halogenated alkanes) is 1. The number of aliphatic hydroxyl groups is 1. The maximum absolute atomic E-state index is 9.28. The monoisotopic (exact) mass is 265 g/mol. The maximum atomic E-state index is 9.28. The van der Waals surface area contributed by atoms with Gasteiger partial charge in [-0.3, -0.25) is 0 Å². The molecule has 0 saturated carbocycles. The van der Waals surface area contributed by atoms with E-state index in [1.165, 1.54) is 5.56 Å². The number of hydrogen-bond donors (Lipinski definition) is 2. The summed E-state index contributed by atoms with van der Waals surface area (Å²) in [4.78, 5) is 0. The Balaban J connectivity index is 2.23. The Hall–Kier alpha value is -1.06. The lowest BCUT2D eigenvalue weighted by Crippen LogP contribution is -2.43. The molecule has 0 aliphatic heterocycles. The molecule has 3 heteroatoms. The van der Waals surface area contributed by atoms with Crippen molar-refractivity contribution in [2.75, 3.05) is 20.3 Å². The molecule has 0 aromatic heterocycles. The molecule has 1 aromatic rings. The average Bonchev–Trinajstić information content (AvgIpc) is 2.47. The molecule has 0 bridgehead atoms. The summed E-state index contributed by atoms with van der Waals surface area (Å²) >= 11 is 0. The molecule has 1 aromatic carbocycles. The van der Waals surface area contributed by atoms with Gasteiger partial charge in [-0.05, 0) is 57.4 Å². The van der Waals surface area contributed by atoms with Crippen molar-refractivity contribution >= 4 is 0 Å². The molecular formula is C16H27NO2. The van der Waals surface area contributed by atoms with Crippen LogP contribution in [0.15, 0.2) is 24.3 Å². The van der Waals surface area contributed by atoms with Crippen LogP contribution in [-0.2, 0) is 6.42 Å². The zero-order valence-electron chi connectivity index (χ0n) is 12.4. The van der Waals surface area contributed by atoms with E-state index in [2.05, 4.69) is 24.4 Å². The Labute approximate surface area is 117 Å². The van der Waals surface area contributed by atoms with Gasteiger partial charge in [-0.15, -0.1) is 0 Å². The summed E-state index contributed by atoms with van der Waals surface area (Å²) in [5.41, 5.74) is 1.14. The molecule has 0 amide bonds. The summed E-state index contributed by atoms with van der Waals surface area (Å²) in [7, 11) is 1.89. The number of aliphatic hydroxyl groups excluding tert-OH is 1. The van der Waals surface area contributed by atoms with Crippen LogP contribution in [-0.4, -0.2) is 30.9 Å². The second-order valence-electron chi connectivity index (χ2n) is 5.28. The highest BCUT2D eigenvalue weighted by molar-refractivity contribution is 5.28. The van der Waals surface area contributed by atoms with Crippen molar-refractivity contribution in [1.29, 1.82) is 0 Å². The lowest BCUT2D eigenvalue weighted by atomic mass is 9.96. The molecule has 3 nitrogen and oxygen atoms in total. The van der Waals surface area contributed by atoms with E-state index in [0.29, 0.717) is 0 Å². The summed E-state index contributed by atoms with van der Waals surface area (Å²) in [6.07, 6.45) is 4.05. The standard InChI is InChI=1S/C16H27NO2/c1-4-14-8-7-9-15(12-14)19-11-6-5-10-16(2,13-18)17-3/h7-9,12,17-18H,4-6,10-11,13H2,1-3H3. The summed E-state index contributed by atoms with van der Waals surface area (Å²) in [5.74, 6) is 0.956. The first-order valence-electron chi connectivity index (χ1n) is 7.15. The van der Waals surface area contributed by atoms with Crippen LogP contribution in [0.4, 0.5) is 0 Å². The molecule has 0 saturated heterocycles. The lowest BCUT2D eigenvalue weighted by molar-refractivity contribution is 0.168. The van der Waals surface area contributed by atoms with Gasteiger partial charge in [0.2, 0.25) is 0 Å². The highest BCUT2D eigenvalue weighted by Gasteiger charge is 2.19. The molecule has 1 atom stereocenters. The highest BCUT2D eigenvalue weighted by Crippen LogP contribution is 2.16. The molecule has 1 rings (SSSR count). The average molecular weight is 265 g/mol. The van der Waals surface area contributed by atoms with Crippen LogP contribution >= 0.6 is 0 Å². The van der Waals surface area contributed by atoms with E-state index < -0.39 is 0 Å². The maximum Gasteiger partial charge on any atom is 0.119 e. The van der Waals surface area contributed by atoms with Gasteiger partial charge in [0.1, 0.15) is 5.75 Å². The molecule has 0 radical (unpaired) electrons. The first-order valence-corrected chi connectivity index (χ1v) is 7.15. The molecule has 2 N–H and O–H groups in total. The first-order chi connectivity index (χ1) is 9.13. The summed E-state index contributed by atoms with van der Waals surface area (Å²) in [6.45, 7) is 5.09. The molecule has 108 valence electrons. The lowest BCUT2D eigenvalue weighted by Gasteiger charge is -2.26. The van der Waals surface area contributed by atoms with Crippen LogP contribution in [0.5, 0.6) is 5.75 Å². The van der Waals surface area contributed by atoms with E-state index in [4.69, 9.17) is 4.74 Å². The number of aryl methyl sites for hydroxylation is 1. The van der Waals surface area contributed by atoms with Crippen LogP contribution in [0.1, 0.15) is 38.7 Å². The Morgan fingerprint density at radius 1 is 1.32 bits per heavy atom. The first kappa shape index (κ1) is 16.0. The minimum atomic E-state index is -0.165. The summed E-state index contributed by atoms with van der Waals surface area (Å²) in [5, 5.41) is 12.4. The fourth-order valence-electron chi connectivity index (χ4n) is 1.95. The second-order valence-corrected chi connectivity index (χ2v) is 5.28.